The van der Waals surface area contributed by atoms with E-state index in [1.165, 1.54) is 23.4 Å². The fourth-order valence-electron chi connectivity index (χ4n) is 1.95. The first-order valence-corrected chi connectivity index (χ1v) is 8.77. The number of carbonyl (C=O) groups excluding carboxylic acids is 1. The molecule has 0 fully saturated rings. The van der Waals surface area contributed by atoms with Crippen molar-refractivity contribution in [3.63, 3.8) is 0 Å². The van der Waals surface area contributed by atoms with Crippen LogP contribution in [0, 0.1) is 5.92 Å². The molecule has 23 heavy (non-hydrogen) atoms. The molecule has 1 aromatic rings. The molecule has 0 bridgehead atoms. The van der Waals surface area contributed by atoms with Gasteiger partial charge in [0, 0.05) is 19.6 Å². The Morgan fingerprint density at radius 1 is 1.17 bits per heavy atom. The van der Waals surface area contributed by atoms with Gasteiger partial charge in [-0.3, -0.25) is 9.59 Å². The molecule has 8 heteroatoms. The van der Waals surface area contributed by atoms with Crippen molar-refractivity contribution in [1.82, 2.24) is 9.62 Å². The molecule has 0 heterocycles. The number of carbonyl (C=O) groups is 2. The molecule has 0 saturated carbocycles. The summed E-state index contributed by atoms with van der Waals surface area (Å²) in [5.74, 6) is -2.90. The predicted octanol–water partition coefficient (Wildman–Crippen LogP) is 1.05. The van der Waals surface area contributed by atoms with Crippen LogP contribution in [0.1, 0.15) is 26.3 Å². The van der Waals surface area contributed by atoms with E-state index in [0.717, 1.165) is 0 Å². The number of nitrogens with zero attached hydrogens (tertiary/aromatic N) is 1. The van der Waals surface area contributed by atoms with E-state index < -0.39 is 27.8 Å². The highest BCUT2D eigenvalue weighted by atomic mass is 32.2. The zero-order valence-electron chi connectivity index (χ0n) is 13.4. The number of carboxylic acids is 1. The number of amides is 1. The first-order chi connectivity index (χ1) is 10.7. The van der Waals surface area contributed by atoms with Gasteiger partial charge in [0.25, 0.3) is 0 Å². The van der Waals surface area contributed by atoms with Crippen LogP contribution in [-0.2, 0) is 26.2 Å². The summed E-state index contributed by atoms with van der Waals surface area (Å²) in [6.45, 7) is 5.77. The third-order valence-electron chi connectivity index (χ3n) is 3.50. The molecule has 0 radical (unpaired) electrons. The van der Waals surface area contributed by atoms with Gasteiger partial charge in [0.1, 0.15) is 5.92 Å². The third kappa shape index (κ3) is 4.77. The fraction of sp³-hybridized carbons (Fsp3) is 0.467. The minimum atomic E-state index is -3.51. The van der Waals surface area contributed by atoms with Crippen molar-refractivity contribution in [3.8, 4) is 0 Å². The minimum absolute atomic E-state index is 0.141. The minimum Gasteiger partial charge on any atom is -0.481 e. The largest absolute Gasteiger partial charge is 0.481 e. The van der Waals surface area contributed by atoms with Crippen LogP contribution in [0.5, 0.6) is 0 Å². The topological polar surface area (TPSA) is 104 Å². The lowest BCUT2D eigenvalue weighted by molar-refractivity contribution is -0.146. The lowest BCUT2D eigenvalue weighted by Gasteiger charge is -2.18. The molecule has 0 aliphatic heterocycles. The Kier molecular flexibility index (Phi) is 6.71. The van der Waals surface area contributed by atoms with Crippen LogP contribution in [0.4, 0.5) is 0 Å². The van der Waals surface area contributed by atoms with E-state index in [1.807, 2.05) is 0 Å². The lowest BCUT2D eigenvalue weighted by atomic mass is 10.1. The van der Waals surface area contributed by atoms with E-state index in [-0.39, 0.29) is 11.4 Å². The highest BCUT2D eigenvalue weighted by Crippen LogP contribution is 2.16. The Morgan fingerprint density at radius 2 is 1.70 bits per heavy atom. The molecule has 1 atom stereocenters. The van der Waals surface area contributed by atoms with Crippen LogP contribution in [0.3, 0.4) is 0 Å². The molecule has 128 valence electrons. The van der Waals surface area contributed by atoms with Crippen molar-refractivity contribution in [3.05, 3.63) is 29.8 Å². The summed E-state index contributed by atoms with van der Waals surface area (Å²) in [7, 11) is -3.51. The van der Waals surface area contributed by atoms with E-state index in [9.17, 15) is 18.0 Å². The van der Waals surface area contributed by atoms with E-state index in [1.54, 1.807) is 26.0 Å². The van der Waals surface area contributed by atoms with Crippen molar-refractivity contribution < 1.29 is 23.1 Å². The monoisotopic (exact) mass is 342 g/mol. The second kappa shape index (κ2) is 8.07. The Morgan fingerprint density at radius 3 is 2.13 bits per heavy atom. The van der Waals surface area contributed by atoms with Crippen LogP contribution in [0.25, 0.3) is 0 Å². The predicted molar refractivity (Wildman–Crippen MR) is 85.2 cm³/mol. The Hall–Kier alpha value is -1.93. The fourth-order valence-corrected chi connectivity index (χ4v) is 3.40. The molecule has 1 amide bonds. The number of nitrogens with one attached hydrogen (secondary N) is 1. The molecule has 1 rings (SSSR count). The Labute approximate surface area is 136 Å². The molecule has 0 spiro atoms. The quantitative estimate of drug-likeness (QED) is 0.687. The van der Waals surface area contributed by atoms with E-state index in [2.05, 4.69) is 5.32 Å². The molecule has 2 N–H and O–H groups in total. The molecule has 1 aromatic carbocycles. The zero-order valence-corrected chi connectivity index (χ0v) is 14.3. The van der Waals surface area contributed by atoms with Crippen molar-refractivity contribution in [1.29, 1.82) is 0 Å². The first-order valence-electron chi connectivity index (χ1n) is 7.33. The third-order valence-corrected chi connectivity index (χ3v) is 5.56. The number of benzene rings is 1. The SMILES string of the molecule is CCN(CC)S(=O)(=O)c1ccc(CNC(=O)C(C)C(=O)O)cc1. The molecular weight excluding hydrogens is 320 g/mol. The Bertz CT molecular complexity index is 651. The number of carboxylic acid groups (broad SMARTS) is 1. The highest BCUT2D eigenvalue weighted by molar-refractivity contribution is 7.89. The van der Waals surface area contributed by atoms with Gasteiger partial charge >= 0.3 is 5.97 Å². The van der Waals surface area contributed by atoms with Crippen LogP contribution in [0.15, 0.2) is 29.2 Å². The maximum atomic E-state index is 12.3. The van der Waals surface area contributed by atoms with Gasteiger partial charge in [-0.05, 0) is 24.6 Å². The number of aliphatic carboxylic acids is 1. The van der Waals surface area contributed by atoms with E-state index in [0.29, 0.717) is 18.7 Å². The summed E-state index contributed by atoms with van der Waals surface area (Å²) in [4.78, 5) is 22.4. The molecule has 0 aromatic heterocycles. The van der Waals surface area contributed by atoms with Gasteiger partial charge in [-0.1, -0.05) is 26.0 Å². The van der Waals surface area contributed by atoms with Gasteiger partial charge in [-0.2, -0.15) is 4.31 Å². The van der Waals surface area contributed by atoms with Gasteiger partial charge < -0.3 is 10.4 Å². The van der Waals surface area contributed by atoms with Crippen molar-refractivity contribution in [2.45, 2.75) is 32.2 Å². The summed E-state index contributed by atoms with van der Waals surface area (Å²) in [5, 5.41) is 11.2. The van der Waals surface area contributed by atoms with E-state index >= 15 is 0 Å². The van der Waals surface area contributed by atoms with Crippen molar-refractivity contribution in [2.24, 2.45) is 5.92 Å². The maximum absolute atomic E-state index is 12.3. The Balaban J connectivity index is 2.78. The molecule has 0 aliphatic carbocycles. The summed E-state index contributed by atoms with van der Waals surface area (Å²) >= 11 is 0. The standard InChI is InChI=1S/C15H22N2O5S/c1-4-17(5-2)23(21,22)13-8-6-12(7-9-13)10-16-14(18)11(3)15(19)20/h6-9,11H,4-5,10H2,1-3H3,(H,16,18)(H,19,20). The molecule has 7 nitrogen and oxygen atoms in total. The second-order valence-electron chi connectivity index (χ2n) is 5.01. The normalized spacial score (nSPS) is 12.9. The average molecular weight is 342 g/mol. The van der Waals surface area contributed by atoms with Gasteiger partial charge in [0.15, 0.2) is 0 Å². The van der Waals surface area contributed by atoms with Crippen LogP contribution < -0.4 is 5.32 Å². The van der Waals surface area contributed by atoms with Gasteiger partial charge in [0.2, 0.25) is 15.9 Å². The van der Waals surface area contributed by atoms with E-state index in [4.69, 9.17) is 5.11 Å². The molecule has 0 aliphatic rings. The number of sulfonamides is 1. The maximum Gasteiger partial charge on any atom is 0.315 e. The van der Waals surface area contributed by atoms with Crippen LogP contribution in [-0.4, -0.2) is 42.8 Å². The first kappa shape index (κ1) is 19.1. The van der Waals surface area contributed by atoms with Gasteiger partial charge in [-0.25, -0.2) is 8.42 Å². The van der Waals surface area contributed by atoms with Gasteiger partial charge in [0.05, 0.1) is 4.90 Å². The smallest absolute Gasteiger partial charge is 0.315 e. The molecule has 0 saturated heterocycles. The summed E-state index contributed by atoms with van der Waals surface area (Å²) in [5.41, 5.74) is 0.689. The van der Waals surface area contributed by atoms with Crippen molar-refractivity contribution >= 4 is 21.9 Å². The van der Waals surface area contributed by atoms with Crippen LogP contribution >= 0.6 is 0 Å². The summed E-state index contributed by atoms with van der Waals surface area (Å²) in [6.07, 6.45) is 0. The zero-order chi connectivity index (χ0) is 17.6. The summed E-state index contributed by atoms with van der Waals surface area (Å²) < 4.78 is 26.0. The number of hydrogen-bond acceptors (Lipinski definition) is 4. The molecule has 1 unspecified atom stereocenters. The number of rotatable bonds is 8. The second-order valence-corrected chi connectivity index (χ2v) is 6.95. The average Bonchev–Trinajstić information content (AvgIpc) is 2.53. The lowest BCUT2D eigenvalue weighted by Crippen LogP contribution is -2.33. The van der Waals surface area contributed by atoms with Gasteiger partial charge in [-0.15, -0.1) is 0 Å². The highest BCUT2D eigenvalue weighted by Gasteiger charge is 2.22. The van der Waals surface area contributed by atoms with Crippen LogP contribution in [0.2, 0.25) is 0 Å². The number of hydrogen-bond donors (Lipinski definition) is 2. The molecular formula is C15H22N2O5S. The summed E-state index contributed by atoms with van der Waals surface area (Å²) in [6, 6.07) is 6.16. The van der Waals surface area contributed by atoms with Crippen molar-refractivity contribution in [2.75, 3.05) is 13.1 Å².